The fourth-order valence-electron chi connectivity index (χ4n) is 2.01. The molecule has 7 heteroatoms. The van der Waals surface area contributed by atoms with Crippen molar-refractivity contribution in [1.29, 1.82) is 0 Å². The average molecular weight is 325 g/mol. The number of carbonyl (C=O) groups excluding carboxylic acids is 2. The van der Waals surface area contributed by atoms with Crippen LogP contribution in [0, 0.1) is 0 Å². The Balaban J connectivity index is 2.21. The van der Waals surface area contributed by atoms with E-state index in [9.17, 15) is 9.59 Å². The van der Waals surface area contributed by atoms with E-state index in [4.69, 9.17) is 21.4 Å². The van der Waals surface area contributed by atoms with Crippen LogP contribution in [0.1, 0.15) is 13.3 Å². The van der Waals surface area contributed by atoms with E-state index in [1.807, 2.05) is 6.92 Å². The predicted octanol–water partition coefficient (Wildman–Crippen LogP) is 1.79. The average Bonchev–Trinajstić information content (AvgIpc) is 2.75. The number of aliphatic hydroxyl groups excluding tert-OH is 1. The van der Waals surface area contributed by atoms with Crippen LogP contribution in [-0.4, -0.2) is 41.6 Å². The Bertz CT molecular complexity index is 616. The van der Waals surface area contributed by atoms with Crippen molar-refractivity contribution in [2.45, 2.75) is 13.3 Å². The van der Waals surface area contributed by atoms with E-state index in [-0.39, 0.29) is 18.8 Å². The van der Waals surface area contributed by atoms with Gasteiger partial charge in [0.15, 0.2) is 5.75 Å². The smallest absolute Gasteiger partial charge is 0.277 e. The number of anilines is 1. The van der Waals surface area contributed by atoms with Gasteiger partial charge < -0.3 is 15.2 Å². The Labute approximate surface area is 133 Å². The molecule has 1 aromatic rings. The second-order valence-electron chi connectivity index (χ2n) is 4.67. The van der Waals surface area contributed by atoms with Crippen LogP contribution in [0.15, 0.2) is 30.0 Å². The summed E-state index contributed by atoms with van der Waals surface area (Å²) in [5.74, 6) is -0.507. The molecular weight excluding hydrogens is 308 g/mol. The van der Waals surface area contributed by atoms with E-state index < -0.39 is 11.8 Å². The largest absolute Gasteiger partial charge is 0.490 e. The highest BCUT2D eigenvalue weighted by molar-refractivity contribution is 6.32. The molecule has 118 valence electrons. The molecule has 1 aromatic carbocycles. The summed E-state index contributed by atoms with van der Waals surface area (Å²) in [4.78, 5) is 24.8. The summed E-state index contributed by atoms with van der Waals surface area (Å²) in [7, 11) is 0. The van der Waals surface area contributed by atoms with Gasteiger partial charge in [-0.2, -0.15) is 0 Å². The van der Waals surface area contributed by atoms with E-state index in [1.165, 1.54) is 6.08 Å². The van der Waals surface area contributed by atoms with Crippen molar-refractivity contribution in [2.75, 3.05) is 25.1 Å². The minimum absolute atomic E-state index is 0.0336. The zero-order chi connectivity index (χ0) is 16.1. The first-order valence-electron chi connectivity index (χ1n) is 6.95. The predicted molar refractivity (Wildman–Crippen MR) is 82.7 cm³/mol. The molecule has 0 saturated heterocycles. The number of nitrogens with one attached hydrogen (secondary N) is 1. The van der Waals surface area contributed by atoms with Crippen molar-refractivity contribution >= 4 is 29.1 Å². The second kappa shape index (κ2) is 7.29. The van der Waals surface area contributed by atoms with Crippen molar-refractivity contribution in [2.24, 2.45) is 0 Å². The summed E-state index contributed by atoms with van der Waals surface area (Å²) in [5.41, 5.74) is 0.640. The molecule has 0 atom stereocenters. The third kappa shape index (κ3) is 3.40. The molecule has 0 aliphatic carbocycles. The number of para-hydroxylation sites is 1. The van der Waals surface area contributed by atoms with Crippen LogP contribution in [0.4, 0.5) is 5.69 Å². The van der Waals surface area contributed by atoms with Crippen LogP contribution in [-0.2, 0) is 9.59 Å². The Morgan fingerprint density at radius 3 is 2.82 bits per heavy atom. The number of imide groups is 1. The molecule has 2 N–H and O–H groups in total. The molecule has 0 radical (unpaired) electrons. The lowest BCUT2D eigenvalue weighted by atomic mass is 10.2. The van der Waals surface area contributed by atoms with Crippen LogP contribution in [0.5, 0.6) is 5.75 Å². The fourth-order valence-corrected chi connectivity index (χ4v) is 2.24. The lowest BCUT2D eigenvalue weighted by Crippen LogP contribution is -2.34. The zero-order valence-corrected chi connectivity index (χ0v) is 12.9. The molecule has 0 saturated carbocycles. The van der Waals surface area contributed by atoms with Gasteiger partial charge in [-0.3, -0.25) is 14.5 Å². The van der Waals surface area contributed by atoms with Crippen LogP contribution in [0.3, 0.4) is 0 Å². The second-order valence-corrected chi connectivity index (χ2v) is 5.07. The monoisotopic (exact) mass is 324 g/mol. The van der Waals surface area contributed by atoms with Crippen LogP contribution >= 0.6 is 11.6 Å². The van der Waals surface area contributed by atoms with Crippen molar-refractivity contribution in [1.82, 2.24) is 4.90 Å². The van der Waals surface area contributed by atoms with Crippen molar-refractivity contribution in [3.8, 4) is 5.75 Å². The summed E-state index contributed by atoms with van der Waals surface area (Å²) in [6, 6.07) is 5.12. The first kappa shape index (κ1) is 16.3. The third-order valence-corrected chi connectivity index (χ3v) is 3.32. The Hall–Kier alpha value is -2.05. The SMILES string of the molecule is CCCOc1c(Cl)cccc1NC1=CC(=O)N(CCO)C1=O. The van der Waals surface area contributed by atoms with Gasteiger partial charge in [-0.25, -0.2) is 0 Å². The Morgan fingerprint density at radius 2 is 2.14 bits per heavy atom. The maximum Gasteiger partial charge on any atom is 0.277 e. The molecule has 22 heavy (non-hydrogen) atoms. The highest BCUT2D eigenvalue weighted by Gasteiger charge is 2.31. The van der Waals surface area contributed by atoms with E-state index in [0.29, 0.717) is 23.1 Å². The number of aliphatic hydroxyl groups is 1. The number of benzene rings is 1. The minimum Gasteiger partial charge on any atom is -0.490 e. The van der Waals surface area contributed by atoms with Gasteiger partial charge >= 0.3 is 0 Å². The molecule has 0 unspecified atom stereocenters. The Morgan fingerprint density at radius 1 is 1.36 bits per heavy atom. The highest BCUT2D eigenvalue weighted by Crippen LogP contribution is 2.34. The number of ether oxygens (including phenoxy) is 1. The molecule has 0 spiro atoms. The summed E-state index contributed by atoms with van der Waals surface area (Å²) >= 11 is 6.11. The zero-order valence-electron chi connectivity index (χ0n) is 12.1. The number of carbonyl (C=O) groups is 2. The number of hydrogen-bond donors (Lipinski definition) is 2. The van der Waals surface area contributed by atoms with E-state index in [1.54, 1.807) is 18.2 Å². The molecular formula is C15H17ClN2O4. The number of β-amino-alcohol motifs (C(OH)–C–C–N with tert-alkyl or cyclic N) is 1. The van der Waals surface area contributed by atoms with E-state index >= 15 is 0 Å². The minimum atomic E-state index is -0.486. The number of nitrogens with zero attached hydrogens (tertiary/aromatic N) is 1. The number of halogens is 1. The molecule has 0 fully saturated rings. The molecule has 0 bridgehead atoms. The van der Waals surface area contributed by atoms with Crippen molar-refractivity contribution in [3.05, 3.63) is 35.0 Å². The summed E-state index contributed by atoms with van der Waals surface area (Å²) in [6.07, 6.45) is 2.01. The molecule has 2 amide bonds. The van der Waals surface area contributed by atoms with Gasteiger partial charge in [0.2, 0.25) is 0 Å². The van der Waals surface area contributed by atoms with Gasteiger partial charge in [0.25, 0.3) is 11.8 Å². The van der Waals surface area contributed by atoms with Gasteiger partial charge in [0, 0.05) is 6.08 Å². The quantitative estimate of drug-likeness (QED) is 0.748. The standard InChI is InChI=1S/C15H17ClN2O4/c1-2-8-22-14-10(16)4-3-5-11(14)17-12-9-13(20)18(6-7-19)15(12)21/h3-5,9,17,19H,2,6-8H2,1H3. The summed E-state index contributed by atoms with van der Waals surface area (Å²) in [6.45, 7) is 2.15. The summed E-state index contributed by atoms with van der Waals surface area (Å²) in [5, 5.41) is 12.2. The first-order chi connectivity index (χ1) is 10.6. The third-order valence-electron chi connectivity index (χ3n) is 3.02. The van der Waals surface area contributed by atoms with Gasteiger partial charge in [-0.05, 0) is 18.6 Å². The molecule has 2 rings (SSSR count). The first-order valence-corrected chi connectivity index (χ1v) is 7.33. The maximum absolute atomic E-state index is 12.1. The summed E-state index contributed by atoms with van der Waals surface area (Å²) < 4.78 is 5.59. The topological polar surface area (TPSA) is 78.9 Å². The Kier molecular flexibility index (Phi) is 5.41. The van der Waals surface area contributed by atoms with Crippen LogP contribution in [0.2, 0.25) is 5.02 Å². The molecule has 1 aliphatic heterocycles. The van der Waals surface area contributed by atoms with E-state index in [2.05, 4.69) is 5.32 Å². The highest BCUT2D eigenvalue weighted by atomic mass is 35.5. The van der Waals surface area contributed by atoms with Crippen LogP contribution in [0.25, 0.3) is 0 Å². The van der Waals surface area contributed by atoms with Crippen LogP contribution < -0.4 is 10.1 Å². The van der Waals surface area contributed by atoms with Gasteiger partial charge in [-0.15, -0.1) is 0 Å². The van der Waals surface area contributed by atoms with Gasteiger partial charge in [0.05, 0.1) is 30.5 Å². The van der Waals surface area contributed by atoms with Gasteiger partial charge in [-0.1, -0.05) is 24.6 Å². The van der Waals surface area contributed by atoms with Crippen molar-refractivity contribution < 1.29 is 19.4 Å². The number of rotatable bonds is 7. The van der Waals surface area contributed by atoms with Gasteiger partial charge in [0.1, 0.15) is 5.70 Å². The van der Waals surface area contributed by atoms with E-state index in [0.717, 1.165) is 11.3 Å². The lowest BCUT2D eigenvalue weighted by Gasteiger charge is -2.16. The maximum atomic E-state index is 12.1. The molecule has 0 aromatic heterocycles. The molecule has 6 nitrogen and oxygen atoms in total. The lowest BCUT2D eigenvalue weighted by molar-refractivity contribution is -0.137. The number of amides is 2. The molecule has 1 heterocycles. The fraction of sp³-hybridized carbons (Fsp3) is 0.333. The normalized spacial score (nSPS) is 14.3. The van der Waals surface area contributed by atoms with Crippen molar-refractivity contribution in [3.63, 3.8) is 0 Å². The molecule has 1 aliphatic rings. The number of hydrogen-bond acceptors (Lipinski definition) is 5.